The fourth-order valence-electron chi connectivity index (χ4n) is 3.19. The second-order valence-electron chi connectivity index (χ2n) is 6.69. The third-order valence-electron chi connectivity index (χ3n) is 4.58. The molecule has 29 heavy (non-hydrogen) atoms. The second kappa shape index (κ2) is 8.05. The lowest BCUT2D eigenvalue weighted by Crippen LogP contribution is -2.24. The Labute approximate surface area is 171 Å². The van der Waals surface area contributed by atoms with Crippen LogP contribution in [0.25, 0.3) is 11.5 Å². The number of halogens is 2. The van der Waals surface area contributed by atoms with E-state index in [1.807, 2.05) is 0 Å². The lowest BCUT2D eigenvalue weighted by molar-refractivity contribution is -0.117. The number of hydrogen-bond acceptors (Lipinski definition) is 4. The smallest absolute Gasteiger partial charge is 0.230 e. The predicted molar refractivity (Wildman–Crippen MR) is 107 cm³/mol. The highest BCUT2D eigenvalue weighted by Gasteiger charge is 2.24. The zero-order valence-electron chi connectivity index (χ0n) is 15.3. The van der Waals surface area contributed by atoms with Crippen LogP contribution in [0.2, 0.25) is 5.02 Å². The molecule has 0 bridgehead atoms. The summed E-state index contributed by atoms with van der Waals surface area (Å²) in [5.41, 5.74) is 1.74. The maximum absolute atomic E-state index is 14.4. The molecule has 0 saturated carbocycles. The van der Waals surface area contributed by atoms with E-state index in [-0.39, 0.29) is 23.9 Å². The van der Waals surface area contributed by atoms with Gasteiger partial charge < -0.3 is 14.6 Å². The summed E-state index contributed by atoms with van der Waals surface area (Å²) in [6, 6.07) is 11.3. The molecule has 2 aromatic carbocycles. The second-order valence-corrected chi connectivity index (χ2v) is 7.13. The molecule has 0 atom stereocenters. The molecule has 1 N–H and O–H groups in total. The SMILES string of the molecule is O=C(Cc1coc(-c2ccc(Cl)cc2)n1)Nc1ccc(N2CCCC2=O)c(F)c1. The van der Waals surface area contributed by atoms with Crippen LogP contribution in [0.5, 0.6) is 0 Å². The van der Waals surface area contributed by atoms with Crippen LogP contribution >= 0.6 is 11.6 Å². The molecule has 2 heterocycles. The summed E-state index contributed by atoms with van der Waals surface area (Å²) in [7, 11) is 0. The highest BCUT2D eigenvalue weighted by Crippen LogP contribution is 2.27. The van der Waals surface area contributed by atoms with Gasteiger partial charge in [0.1, 0.15) is 12.1 Å². The van der Waals surface area contributed by atoms with Crippen molar-refractivity contribution in [1.82, 2.24) is 4.98 Å². The first-order valence-electron chi connectivity index (χ1n) is 9.10. The number of oxazole rings is 1. The van der Waals surface area contributed by atoms with Gasteiger partial charge in [0.2, 0.25) is 17.7 Å². The van der Waals surface area contributed by atoms with Gasteiger partial charge in [0.05, 0.1) is 17.8 Å². The molecule has 1 saturated heterocycles. The van der Waals surface area contributed by atoms with Crippen LogP contribution in [0.4, 0.5) is 15.8 Å². The molecule has 8 heteroatoms. The van der Waals surface area contributed by atoms with E-state index in [4.69, 9.17) is 16.0 Å². The van der Waals surface area contributed by atoms with Gasteiger partial charge in [-0.1, -0.05) is 11.6 Å². The number of hydrogen-bond donors (Lipinski definition) is 1. The molecule has 0 unspecified atom stereocenters. The topological polar surface area (TPSA) is 75.4 Å². The fraction of sp³-hybridized carbons (Fsp3) is 0.190. The van der Waals surface area contributed by atoms with Gasteiger partial charge in [0.15, 0.2) is 0 Å². The number of nitrogens with one attached hydrogen (secondary N) is 1. The maximum atomic E-state index is 14.4. The summed E-state index contributed by atoms with van der Waals surface area (Å²) in [6.07, 6.45) is 2.53. The Morgan fingerprint density at radius 1 is 1.24 bits per heavy atom. The average molecular weight is 414 g/mol. The van der Waals surface area contributed by atoms with Crippen LogP contribution in [-0.4, -0.2) is 23.3 Å². The third kappa shape index (κ3) is 4.30. The number of aromatic nitrogens is 1. The van der Waals surface area contributed by atoms with Crippen LogP contribution < -0.4 is 10.2 Å². The van der Waals surface area contributed by atoms with E-state index in [0.29, 0.717) is 41.7 Å². The van der Waals surface area contributed by atoms with Gasteiger partial charge in [-0.25, -0.2) is 9.37 Å². The molecule has 1 aliphatic heterocycles. The number of benzene rings is 2. The molecule has 1 aliphatic rings. The molecular formula is C21H17ClFN3O3. The zero-order valence-corrected chi connectivity index (χ0v) is 16.1. The number of nitrogens with zero attached hydrogens (tertiary/aromatic N) is 2. The highest BCUT2D eigenvalue weighted by molar-refractivity contribution is 6.30. The van der Waals surface area contributed by atoms with Crippen molar-refractivity contribution in [1.29, 1.82) is 0 Å². The van der Waals surface area contributed by atoms with Gasteiger partial charge in [0, 0.05) is 29.2 Å². The van der Waals surface area contributed by atoms with Gasteiger partial charge in [-0.3, -0.25) is 9.59 Å². The van der Waals surface area contributed by atoms with E-state index in [0.717, 1.165) is 5.56 Å². The monoisotopic (exact) mass is 413 g/mol. The third-order valence-corrected chi connectivity index (χ3v) is 4.83. The van der Waals surface area contributed by atoms with Crippen molar-refractivity contribution in [3.63, 3.8) is 0 Å². The van der Waals surface area contributed by atoms with E-state index in [2.05, 4.69) is 10.3 Å². The van der Waals surface area contributed by atoms with Crippen molar-refractivity contribution < 1.29 is 18.4 Å². The normalized spacial score (nSPS) is 13.7. The largest absolute Gasteiger partial charge is 0.444 e. The van der Waals surface area contributed by atoms with Crippen LogP contribution in [0.1, 0.15) is 18.5 Å². The Morgan fingerprint density at radius 2 is 2.03 bits per heavy atom. The number of anilines is 2. The summed E-state index contributed by atoms with van der Waals surface area (Å²) in [5, 5.41) is 3.24. The quantitative estimate of drug-likeness (QED) is 0.670. The lowest BCUT2D eigenvalue weighted by Gasteiger charge is -2.17. The minimum Gasteiger partial charge on any atom is -0.444 e. The number of carbonyl (C=O) groups excluding carboxylic acids is 2. The van der Waals surface area contributed by atoms with Crippen LogP contribution in [0.15, 0.2) is 53.1 Å². The standard InChI is InChI=1S/C21H17ClFN3O3/c22-14-5-3-13(4-6-14)21-25-16(12-29-21)11-19(27)24-15-7-8-18(17(23)10-15)26-9-1-2-20(26)28/h3-8,10,12H,1-2,9,11H2,(H,24,27). The first-order valence-corrected chi connectivity index (χ1v) is 9.47. The zero-order chi connectivity index (χ0) is 20.4. The summed E-state index contributed by atoms with van der Waals surface area (Å²) in [6.45, 7) is 0.504. The van der Waals surface area contributed by atoms with Gasteiger partial charge in [0.25, 0.3) is 0 Å². The first-order chi connectivity index (χ1) is 14.0. The van der Waals surface area contributed by atoms with Gasteiger partial charge >= 0.3 is 0 Å². The summed E-state index contributed by atoms with van der Waals surface area (Å²) >= 11 is 5.87. The Bertz CT molecular complexity index is 1070. The van der Waals surface area contributed by atoms with Crippen molar-refractivity contribution in [2.45, 2.75) is 19.3 Å². The van der Waals surface area contributed by atoms with Crippen molar-refractivity contribution in [3.05, 3.63) is 65.3 Å². The van der Waals surface area contributed by atoms with Gasteiger partial charge in [-0.2, -0.15) is 0 Å². The molecule has 148 valence electrons. The molecule has 0 radical (unpaired) electrons. The fourth-order valence-corrected chi connectivity index (χ4v) is 3.32. The molecule has 4 rings (SSSR count). The Kier molecular flexibility index (Phi) is 5.31. The van der Waals surface area contributed by atoms with Crippen molar-refractivity contribution in [2.24, 2.45) is 0 Å². The van der Waals surface area contributed by atoms with E-state index >= 15 is 0 Å². The molecule has 2 amide bonds. The van der Waals surface area contributed by atoms with Crippen molar-refractivity contribution >= 4 is 34.8 Å². The Morgan fingerprint density at radius 3 is 2.72 bits per heavy atom. The molecule has 6 nitrogen and oxygen atoms in total. The van der Waals surface area contributed by atoms with Crippen LogP contribution in [0.3, 0.4) is 0 Å². The molecule has 3 aromatic rings. The lowest BCUT2D eigenvalue weighted by atomic mass is 10.2. The van der Waals surface area contributed by atoms with E-state index in [1.54, 1.807) is 30.3 Å². The average Bonchev–Trinajstić information content (AvgIpc) is 3.32. The Hall–Kier alpha value is -3.19. The number of rotatable bonds is 5. The minimum absolute atomic E-state index is 0.0227. The molecule has 1 aromatic heterocycles. The minimum atomic E-state index is -0.551. The molecule has 0 aliphatic carbocycles. The van der Waals surface area contributed by atoms with Gasteiger partial charge in [-0.05, 0) is 48.9 Å². The van der Waals surface area contributed by atoms with Crippen LogP contribution in [0, 0.1) is 5.82 Å². The van der Waals surface area contributed by atoms with Crippen molar-refractivity contribution in [2.75, 3.05) is 16.8 Å². The highest BCUT2D eigenvalue weighted by atomic mass is 35.5. The van der Waals surface area contributed by atoms with Crippen molar-refractivity contribution in [3.8, 4) is 11.5 Å². The Balaban J connectivity index is 1.40. The summed E-state index contributed by atoms with van der Waals surface area (Å²) in [5.74, 6) is -0.617. The number of amides is 2. The predicted octanol–water partition coefficient (Wildman–Crippen LogP) is 4.44. The van der Waals surface area contributed by atoms with E-state index in [1.165, 1.54) is 23.3 Å². The van der Waals surface area contributed by atoms with Crippen LogP contribution in [-0.2, 0) is 16.0 Å². The number of carbonyl (C=O) groups is 2. The first kappa shape index (κ1) is 19.1. The molecule has 1 fully saturated rings. The maximum Gasteiger partial charge on any atom is 0.230 e. The summed E-state index contributed by atoms with van der Waals surface area (Å²) < 4.78 is 19.8. The molecular weight excluding hydrogens is 397 g/mol. The van der Waals surface area contributed by atoms with E-state index in [9.17, 15) is 14.0 Å². The summed E-state index contributed by atoms with van der Waals surface area (Å²) in [4.78, 5) is 29.8. The van der Waals surface area contributed by atoms with E-state index < -0.39 is 5.82 Å². The van der Waals surface area contributed by atoms with Gasteiger partial charge in [-0.15, -0.1) is 0 Å². The molecule has 0 spiro atoms.